The third kappa shape index (κ3) is 2.02. The number of nitriles is 3. The summed E-state index contributed by atoms with van der Waals surface area (Å²) in [6.45, 7) is 1.81. The summed E-state index contributed by atoms with van der Waals surface area (Å²) in [6.07, 6.45) is 3.45. The summed E-state index contributed by atoms with van der Waals surface area (Å²) in [5.74, 6) is 0. The van der Waals surface area contributed by atoms with Crippen LogP contribution in [-0.2, 0) is 0 Å². The van der Waals surface area contributed by atoms with Gasteiger partial charge in [-0.05, 0) is 19.1 Å². The Kier molecular flexibility index (Phi) is 3.23. The molecule has 15 heavy (non-hydrogen) atoms. The molecule has 70 valence electrons. The molecule has 0 spiro atoms. The Balaban J connectivity index is 3.59. The third-order valence-electron chi connectivity index (χ3n) is 1.88. The fourth-order valence-electron chi connectivity index (χ4n) is 1.25. The van der Waals surface area contributed by atoms with Gasteiger partial charge in [0.25, 0.3) is 0 Å². The smallest absolute Gasteiger partial charge is 0.0998 e. The average Bonchev–Trinajstić information content (AvgIpc) is 2.29. The van der Waals surface area contributed by atoms with Gasteiger partial charge in [0.1, 0.15) is 0 Å². The fourth-order valence-corrected chi connectivity index (χ4v) is 1.25. The summed E-state index contributed by atoms with van der Waals surface area (Å²) < 4.78 is 0. The van der Waals surface area contributed by atoms with Gasteiger partial charge in [0.05, 0.1) is 34.9 Å². The van der Waals surface area contributed by atoms with Gasteiger partial charge in [0.2, 0.25) is 0 Å². The van der Waals surface area contributed by atoms with Crippen molar-refractivity contribution < 1.29 is 0 Å². The Morgan fingerprint density at radius 3 is 1.87 bits per heavy atom. The van der Waals surface area contributed by atoms with E-state index in [4.69, 9.17) is 15.8 Å². The van der Waals surface area contributed by atoms with E-state index >= 15 is 0 Å². The first kappa shape index (κ1) is 10.5. The largest absolute Gasteiger partial charge is 0.192 e. The van der Waals surface area contributed by atoms with E-state index in [2.05, 4.69) is 0 Å². The van der Waals surface area contributed by atoms with Gasteiger partial charge in [-0.3, -0.25) is 0 Å². The molecule has 0 N–H and O–H groups in total. The second kappa shape index (κ2) is 4.61. The number of allylic oxidation sites excluding steroid dienone is 1. The van der Waals surface area contributed by atoms with Gasteiger partial charge in [-0.1, -0.05) is 12.2 Å². The Labute approximate surface area is 88.1 Å². The molecule has 1 rings (SSSR count). The van der Waals surface area contributed by atoms with Crippen molar-refractivity contribution in [3.63, 3.8) is 0 Å². The lowest BCUT2D eigenvalue weighted by molar-refractivity contribution is 1.40. The quantitative estimate of drug-likeness (QED) is 0.687. The lowest BCUT2D eigenvalue weighted by Crippen LogP contribution is -1.90. The highest BCUT2D eigenvalue weighted by Crippen LogP contribution is 2.18. The lowest BCUT2D eigenvalue weighted by atomic mass is 9.99. The Hall–Kier alpha value is -2.57. The van der Waals surface area contributed by atoms with Crippen molar-refractivity contribution in [2.75, 3.05) is 0 Å². The van der Waals surface area contributed by atoms with Crippen molar-refractivity contribution in [3.8, 4) is 18.2 Å². The summed E-state index contributed by atoms with van der Waals surface area (Å²) >= 11 is 0. The van der Waals surface area contributed by atoms with Crippen LogP contribution in [0.1, 0.15) is 29.2 Å². The van der Waals surface area contributed by atoms with Crippen LogP contribution in [0.4, 0.5) is 0 Å². The minimum Gasteiger partial charge on any atom is -0.192 e. The van der Waals surface area contributed by atoms with E-state index in [0.29, 0.717) is 22.3 Å². The number of rotatable bonds is 1. The van der Waals surface area contributed by atoms with E-state index in [0.717, 1.165) is 0 Å². The van der Waals surface area contributed by atoms with Crippen molar-refractivity contribution in [3.05, 3.63) is 40.5 Å². The molecule has 0 saturated heterocycles. The minimum atomic E-state index is 0.330. The molecule has 0 bridgehead atoms. The average molecular weight is 193 g/mol. The molecule has 0 unspecified atom stereocenters. The Bertz CT molecular complexity index is 498. The molecular formula is C12H7N3. The highest BCUT2D eigenvalue weighted by Gasteiger charge is 2.07. The van der Waals surface area contributed by atoms with Crippen molar-refractivity contribution in [1.29, 1.82) is 15.8 Å². The van der Waals surface area contributed by atoms with E-state index in [1.54, 1.807) is 19.1 Å². The molecule has 1 aromatic carbocycles. The summed E-state index contributed by atoms with van der Waals surface area (Å²) in [5, 5.41) is 26.5. The molecule has 0 aliphatic carbocycles. The molecule has 0 amide bonds. The molecule has 0 radical (unpaired) electrons. The second-order valence-electron chi connectivity index (χ2n) is 2.82. The van der Waals surface area contributed by atoms with E-state index in [-0.39, 0.29) is 0 Å². The first-order valence-corrected chi connectivity index (χ1v) is 4.27. The molecule has 0 aliphatic heterocycles. The third-order valence-corrected chi connectivity index (χ3v) is 1.88. The summed E-state index contributed by atoms with van der Waals surface area (Å²) in [6, 6.07) is 8.84. The Morgan fingerprint density at radius 1 is 1.00 bits per heavy atom. The number of hydrogen-bond acceptors (Lipinski definition) is 3. The fraction of sp³-hybridized carbons (Fsp3) is 0.0833. The van der Waals surface area contributed by atoms with Gasteiger partial charge in [-0.2, -0.15) is 15.8 Å². The second-order valence-corrected chi connectivity index (χ2v) is 2.82. The zero-order chi connectivity index (χ0) is 11.3. The van der Waals surface area contributed by atoms with Crippen LogP contribution < -0.4 is 0 Å². The van der Waals surface area contributed by atoms with Gasteiger partial charge in [0.15, 0.2) is 0 Å². The maximum absolute atomic E-state index is 8.88. The van der Waals surface area contributed by atoms with Gasteiger partial charge in [0, 0.05) is 5.56 Å². The SMILES string of the molecule is C/C=C/c1c(C#N)cc(C#N)cc1C#N. The lowest BCUT2D eigenvalue weighted by Gasteiger charge is -2.01. The van der Waals surface area contributed by atoms with Crippen molar-refractivity contribution in [2.24, 2.45) is 0 Å². The Morgan fingerprint density at radius 2 is 1.53 bits per heavy atom. The zero-order valence-corrected chi connectivity index (χ0v) is 8.15. The predicted octanol–water partition coefficient (Wildman–Crippen LogP) is 2.33. The maximum atomic E-state index is 8.88. The molecule has 3 heteroatoms. The molecule has 0 fully saturated rings. The van der Waals surface area contributed by atoms with Crippen LogP contribution in [0.5, 0.6) is 0 Å². The van der Waals surface area contributed by atoms with Crippen LogP contribution >= 0.6 is 0 Å². The van der Waals surface area contributed by atoms with E-state index in [9.17, 15) is 0 Å². The van der Waals surface area contributed by atoms with Crippen LogP contribution in [-0.4, -0.2) is 0 Å². The first-order valence-electron chi connectivity index (χ1n) is 4.27. The van der Waals surface area contributed by atoms with Crippen LogP contribution in [0.25, 0.3) is 6.08 Å². The van der Waals surface area contributed by atoms with Crippen LogP contribution in [0.2, 0.25) is 0 Å². The number of benzene rings is 1. The predicted molar refractivity (Wildman–Crippen MR) is 55.3 cm³/mol. The monoisotopic (exact) mass is 193 g/mol. The molecule has 0 heterocycles. The van der Waals surface area contributed by atoms with Gasteiger partial charge in [-0.25, -0.2) is 0 Å². The standard InChI is InChI=1S/C12H7N3/c1-2-3-12-10(7-14)4-9(6-13)5-11(12)8-15/h2-5H,1H3/b3-2+. The molecule has 0 aliphatic rings. The first-order chi connectivity index (χ1) is 7.26. The zero-order valence-electron chi connectivity index (χ0n) is 8.15. The molecule has 0 aromatic heterocycles. The summed E-state index contributed by atoms with van der Waals surface area (Å²) in [7, 11) is 0. The highest BCUT2D eigenvalue weighted by atomic mass is 14.3. The minimum absolute atomic E-state index is 0.330. The van der Waals surface area contributed by atoms with E-state index in [1.807, 2.05) is 18.2 Å². The number of nitrogens with zero attached hydrogens (tertiary/aromatic N) is 3. The van der Waals surface area contributed by atoms with Gasteiger partial charge >= 0.3 is 0 Å². The van der Waals surface area contributed by atoms with Gasteiger partial charge < -0.3 is 0 Å². The van der Waals surface area contributed by atoms with Crippen LogP contribution in [0, 0.1) is 34.0 Å². The topological polar surface area (TPSA) is 71.4 Å². The normalized spacial score (nSPS) is 9.20. The highest BCUT2D eigenvalue weighted by molar-refractivity contribution is 5.66. The maximum Gasteiger partial charge on any atom is 0.0998 e. The molecule has 1 aromatic rings. The molecular weight excluding hydrogens is 186 g/mol. The molecule has 0 saturated carbocycles. The van der Waals surface area contributed by atoms with Crippen LogP contribution in [0.15, 0.2) is 18.2 Å². The van der Waals surface area contributed by atoms with E-state index < -0.39 is 0 Å². The van der Waals surface area contributed by atoms with Gasteiger partial charge in [-0.15, -0.1) is 0 Å². The summed E-state index contributed by atoms with van der Waals surface area (Å²) in [5.41, 5.74) is 1.60. The van der Waals surface area contributed by atoms with Crippen molar-refractivity contribution in [2.45, 2.75) is 6.92 Å². The number of hydrogen-bond donors (Lipinski definition) is 0. The molecule has 3 nitrogen and oxygen atoms in total. The van der Waals surface area contributed by atoms with Crippen molar-refractivity contribution in [1.82, 2.24) is 0 Å². The van der Waals surface area contributed by atoms with E-state index in [1.165, 1.54) is 12.1 Å². The molecule has 0 atom stereocenters. The summed E-state index contributed by atoms with van der Waals surface area (Å²) in [4.78, 5) is 0. The van der Waals surface area contributed by atoms with Crippen LogP contribution in [0.3, 0.4) is 0 Å². The van der Waals surface area contributed by atoms with Crippen molar-refractivity contribution >= 4 is 6.08 Å².